The predicted molar refractivity (Wildman–Crippen MR) is 119 cm³/mol. The molecular weight excluding hydrogens is 407 g/mol. The van der Waals surface area contributed by atoms with Gasteiger partial charge in [0.05, 0.1) is 30.6 Å². The molecule has 32 heavy (non-hydrogen) atoms. The normalized spacial score (nSPS) is 35.1. The second kappa shape index (κ2) is 8.31. The third kappa shape index (κ3) is 3.60. The molecule has 0 aromatic heterocycles. The SMILES string of the molecule is C[C@@H]1C[N@@+]([O-])(C2CCC(C#N)(c3ccc(F)cc3)CC2)CC[C@]1(C(=O)O)c1ccccc1. The van der Waals surface area contributed by atoms with Crippen molar-refractivity contribution in [2.24, 2.45) is 5.92 Å². The monoisotopic (exact) mass is 436 g/mol. The van der Waals surface area contributed by atoms with Crippen LogP contribution in [0.3, 0.4) is 0 Å². The lowest BCUT2D eigenvalue weighted by Crippen LogP contribution is -2.64. The highest BCUT2D eigenvalue weighted by atomic mass is 19.1. The Bertz CT molecular complexity index is 1010. The zero-order valence-electron chi connectivity index (χ0n) is 18.3. The smallest absolute Gasteiger partial charge is 0.314 e. The van der Waals surface area contributed by atoms with E-state index in [1.54, 1.807) is 12.1 Å². The topological polar surface area (TPSA) is 84.1 Å². The fraction of sp³-hybridized carbons (Fsp3) is 0.462. The first-order valence-corrected chi connectivity index (χ1v) is 11.3. The molecule has 0 bridgehead atoms. The number of quaternary nitrogens is 1. The number of nitriles is 1. The molecule has 1 saturated heterocycles. The molecule has 2 aliphatic rings. The van der Waals surface area contributed by atoms with Gasteiger partial charge in [0.2, 0.25) is 0 Å². The molecule has 1 aliphatic carbocycles. The lowest BCUT2D eigenvalue weighted by Gasteiger charge is -2.58. The Labute approximate surface area is 188 Å². The highest BCUT2D eigenvalue weighted by Crippen LogP contribution is 2.47. The van der Waals surface area contributed by atoms with Crippen LogP contribution < -0.4 is 0 Å². The summed E-state index contributed by atoms with van der Waals surface area (Å²) in [6.07, 6.45) is 2.62. The van der Waals surface area contributed by atoms with Crippen molar-refractivity contribution in [2.45, 2.75) is 55.9 Å². The van der Waals surface area contributed by atoms with Crippen LogP contribution in [0.4, 0.5) is 4.39 Å². The van der Waals surface area contributed by atoms with Gasteiger partial charge in [0.1, 0.15) is 11.2 Å². The first-order chi connectivity index (χ1) is 15.3. The standard InChI is InChI=1S/C26H29FN2O3/c1-19-17-29(32,16-15-26(19,24(30)31)21-5-3-2-4-6-21)23-11-13-25(18-28,14-12-23)20-7-9-22(27)10-8-20/h2-10,19,23H,11-17H2,1H3,(H,30,31)/t19-,23?,25?,26-,29-/m1/s1. The number of rotatable bonds is 4. The van der Waals surface area contributed by atoms with Gasteiger partial charge in [0.25, 0.3) is 0 Å². The van der Waals surface area contributed by atoms with Gasteiger partial charge in [-0.2, -0.15) is 5.26 Å². The van der Waals surface area contributed by atoms with E-state index < -0.39 is 21.4 Å². The number of benzene rings is 2. The van der Waals surface area contributed by atoms with E-state index >= 15 is 0 Å². The maximum Gasteiger partial charge on any atom is 0.314 e. The lowest BCUT2D eigenvalue weighted by atomic mass is 9.65. The number of carboxylic acids is 1. The van der Waals surface area contributed by atoms with Crippen molar-refractivity contribution in [3.05, 3.63) is 76.7 Å². The van der Waals surface area contributed by atoms with Crippen LogP contribution in [0.15, 0.2) is 54.6 Å². The second-order valence-electron chi connectivity index (χ2n) is 9.58. The molecule has 4 rings (SSSR count). The molecule has 3 atom stereocenters. The van der Waals surface area contributed by atoms with Gasteiger partial charge >= 0.3 is 5.97 Å². The van der Waals surface area contributed by atoms with Gasteiger partial charge in [-0.05, 0) is 36.1 Å². The maximum atomic E-state index is 13.9. The molecule has 2 aromatic carbocycles. The van der Waals surface area contributed by atoms with Crippen LogP contribution in [0.2, 0.25) is 0 Å². The zero-order valence-corrected chi connectivity index (χ0v) is 18.3. The molecule has 1 heterocycles. The summed E-state index contributed by atoms with van der Waals surface area (Å²) in [6, 6.07) is 17.6. The minimum absolute atomic E-state index is 0.151. The first-order valence-electron chi connectivity index (χ1n) is 11.3. The number of hydrogen-bond donors (Lipinski definition) is 1. The number of hydrogen-bond acceptors (Lipinski definition) is 3. The van der Waals surface area contributed by atoms with Gasteiger partial charge in [0, 0.05) is 25.2 Å². The summed E-state index contributed by atoms with van der Waals surface area (Å²) in [6.45, 7) is 2.39. The number of piperidine rings is 1. The van der Waals surface area contributed by atoms with E-state index in [-0.39, 0.29) is 30.9 Å². The average Bonchev–Trinajstić information content (AvgIpc) is 2.80. The van der Waals surface area contributed by atoms with Crippen molar-refractivity contribution < 1.29 is 18.9 Å². The fourth-order valence-corrected chi connectivity index (χ4v) is 6.06. The van der Waals surface area contributed by atoms with E-state index in [4.69, 9.17) is 0 Å². The van der Waals surface area contributed by atoms with Crippen LogP contribution in [0, 0.1) is 28.3 Å². The molecule has 168 valence electrons. The van der Waals surface area contributed by atoms with E-state index in [2.05, 4.69) is 6.07 Å². The van der Waals surface area contributed by atoms with Crippen LogP contribution in [-0.4, -0.2) is 34.9 Å². The van der Waals surface area contributed by atoms with E-state index in [9.17, 15) is 24.8 Å². The third-order valence-electron chi connectivity index (χ3n) is 8.06. The number of nitrogens with zero attached hydrogens (tertiary/aromatic N) is 2. The van der Waals surface area contributed by atoms with Gasteiger partial charge in [-0.15, -0.1) is 0 Å². The van der Waals surface area contributed by atoms with Crippen LogP contribution in [-0.2, 0) is 15.6 Å². The number of carboxylic acid groups (broad SMARTS) is 1. The molecule has 5 nitrogen and oxygen atoms in total. The summed E-state index contributed by atoms with van der Waals surface area (Å²) in [4.78, 5) is 12.4. The number of aliphatic carboxylic acids is 1. The van der Waals surface area contributed by atoms with Gasteiger partial charge in [-0.25, -0.2) is 4.39 Å². The summed E-state index contributed by atoms with van der Waals surface area (Å²) in [5.41, 5.74) is -0.181. The Morgan fingerprint density at radius 3 is 2.25 bits per heavy atom. The fourth-order valence-electron chi connectivity index (χ4n) is 6.06. The Morgan fingerprint density at radius 1 is 1.09 bits per heavy atom. The summed E-state index contributed by atoms with van der Waals surface area (Å²) < 4.78 is 13.0. The summed E-state index contributed by atoms with van der Waals surface area (Å²) in [5, 5.41) is 34.0. The van der Waals surface area contributed by atoms with E-state index in [1.165, 1.54) is 12.1 Å². The number of carbonyl (C=O) groups is 1. The maximum absolute atomic E-state index is 13.9. The van der Waals surface area contributed by atoms with Crippen LogP contribution >= 0.6 is 0 Å². The summed E-state index contributed by atoms with van der Waals surface area (Å²) in [7, 11) is 0. The van der Waals surface area contributed by atoms with E-state index in [0.29, 0.717) is 32.1 Å². The molecule has 0 radical (unpaired) electrons. The second-order valence-corrected chi connectivity index (χ2v) is 9.58. The first kappa shape index (κ1) is 22.4. The molecule has 1 saturated carbocycles. The number of hydroxylamine groups is 3. The molecule has 1 N–H and O–H groups in total. The predicted octanol–water partition coefficient (Wildman–Crippen LogP) is 4.91. The molecule has 0 unspecified atom stereocenters. The van der Waals surface area contributed by atoms with E-state index in [1.807, 2.05) is 37.3 Å². The largest absolute Gasteiger partial charge is 0.633 e. The Morgan fingerprint density at radius 2 is 1.72 bits per heavy atom. The quantitative estimate of drug-likeness (QED) is 0.545. The zero-order chi connectivity index (χ0) is 23.0. The molecule has 2 fully saturated rings. The van der Waals surface area contributed by atoms with Crippen molar-refractivity contribution in [1.82, 2.24) is 0 Å². The molecule has 1 aliphatic heterocycles. The average molecular weight is 437 g/mol. The Hall–Kier alpha value is -2.75. The van der Waals surface area contributed by atoms with Crippen molar-refractivity contribution >= 4 is 5.97 Å². The molecule has 2 aromatic rings. The molecular formula is C26H29FN2O3. The van der Waals surface area contributed by atoms with Crippen LogP contribution in [0.5, 0.6) is 0 Å². The molecule has 6 heteroatoms. The highest BCUT2D eigenvalue weighted by molar-refractivity contribution is 5.82. The van der Waals surface area contributed by atoms with Gasteiger partial charge in [-0.3, -0.25) is 4.79 Å². The van der Waals surface area contributed by atoms with Crippen molar-refractivity contribution in [3.8, 4) is 6.07 Å². The number of halogens is 1. The van der Waals surface area contributed by atoms with Crippen LogP contribution in [0.25, 0.3) is 0 Å². The lowest BCUT2D eigenvalue weighted by molar-refractivity contribution is -0.916. The Kier molecular flexibility index (Phi) is 5.83. The minimum Gasteiger partial charge on any atom is -0.633 e. The number of likely N-dealkylation sites (tertiary alicyclic amines) is 1. The summed E-state index contributed by atoms with van der Waals surface area (Å²) >= 11 is 0. The highest BCUT2D eigenvalue weighted by Gasteiger charge is 2.54. The van der Waals surface area contributed by atoms with E-state index in [0.717, 1.165) is 11.1 Å². The van der Waals surface area contributed by atoms with Crippen molar-refractivity contribution in [3.63, 3.8) is 0 Å². The molecule has 0 amide bonds. The Balaban J connectivity index is 1.52. The van der Waals surface area contributed by atoms with Crippen molar-refractivity contribution in [2.75, 3.05) is 13.1 Å². The van der Waals surface area contributed by atoms with Crippen molar-refractivity contribution in [1.29, 1.82) is 5.26 Å². The van der Waals surface area contributed by atoms with Gasteiger partial charge < -0.3 is 15.0 Å². The van der Waals surface area contributed by atoms with Gasteiger partial charge in [-0.1, -0.05) is 49.4 Å². The molecule has 0 spiro atoms. The minimum atomic E-state index is -1.05. The third-order valence-corrected chi connectivity index (χ3v) is 8.06. The van der Waals surface area contributed by atoms with Crippen LogP contribution in [0.1, 0.15) is 50.2 Å². The summed E-state index contributed by atoms with van der Waals surface area (Å²) in [5.74, 6) is -1.51. The van der Waals surface area contributed by atoms with Gasteiger partial charge in [0.15, 0.2) is 0 Å².